The summed E-state index contributed by atoms with van der Waals surface area (Å²) in [4.78, 5) is 0. The molecular formula is C36H76Zr. The topological polar surface area (TPSA) is 0 Å². The molecule has 0 N–H and O–H groups in total. The zero-order valence-corrected chi connectivity index (χ0v) is 29.6. The Morgan fingerprint density at radius 1 is 0.243 bits per heavy atom. The summed E-state index contributed by atoms with van der Waals surface area (Å²) in [5, 5.41) is 0. The third-order valence-electron chi connectivity index (χ3n) is 6.41. The van der Waals surface area contributed by atoms with Gasteiger partial charge in [-0.2, -0.15) is 25.7 Å². The zero-order chi connectivity index (χ0) is 27.8. The van der Waals surface area contributed by atoms with Crippen molar-refractivity contribution in [1.29, 1.82) is 0 Å². The molecule has 0 aliphatic heterocycles. The minimum absolute atomic E-state index is 0. The van der Waals surface area contributed by atoms with Gasteiger partial charge in [0.05, 0.1) is 0 Å². The second-order valence-corrected chi connectivity index (χ2v) is 10.5. The Bertz CT molecular complexity index is 196. The third-order valence-corrected chi connectivity index (χ3v) is 6.41. The van der Waals surface area contributed by atoms with Crippen LogP contribution in [0.3, 0.4) is 0 Å². The molecule has 0 nitrogen and oxygen atoms in total. The molecule has 0 rings (SSSR count). The predicted octanol–water partition coefficient (Wildman–Crippen LogP) is 14.3. The molecule has 0 fully saturated rings. The van der Waals surface area contributed by atoms with Crippen LogP contribution in [0.1, 0.15) is 207 Å². The van der Waals surface area contributed by atoms with Crippen LogP contribution >= 0.6 is 0 Å². The molecule has 0 aromatic rings. The van der Waals surface area contributed by atoms with Gasteiger partial charge in [-0.25, -0.2) is 0 Å². The molecule has 0 saturated heterocycles. The van der Waals surface area contributed by atoms with E-state index in [0.29, 0.717) is 0 Å². The maximum Gasteiger partial charge on any atom is 4.00 e. The van der Waals surface area contributed by atoms with Gasteiger partial charge >= 0.3 is 26.2 Å². The predicted molar refractivity (Wildman–Crippen MR) is 173 cm³/mol. The molecule has 224 valence electrons. The van der Waals surface area contributed by atoms with Crippen molar-refractivity contribution in [3.05, 3.63) is 27.7 Å². The van der Waals surface area contributed by atoms with Crippen molar-refractivity contribution in [2.75, 3.05) is 0 Å². The summed E-state index contributed by atoms with van der Waals surface area (Å²) in [7, 11) is 0. The minimum Gasteiger partial charge on any atom is -0.343 e. The molecule has 0 radical (unpaired) electrons. The normalized spacial score (nSPS) is 9.73. The van der Waals surface area contributed by atoms with Gasteiger partial charge in [-0.15, -0.1) is 0 Å². The maximum absolute atomic E-state index is 3.80. The first kappa shape index (κ1) is 47.7. The van der Waals surface area contributed by atoms with Crippen LogP contribution in [0.25, 0.3) is 0 Å². The molecule has 0 aromatic carbocycles. The molecule has 0 saturated carbocycles. The van der Waals surface area contributed by atoms with Crippen molar-refractivity contribution in [1.82, 2.24) is 0 Å². The summed E-state index contributed by atoms with van der Waals surface area (Å²) in [6.07, 6.45) is 37.8. The van der Waals surface area contributed by atoms with Gasteiger partial charge in [0.1, 0.15) is 0 Å². The summed E-state index contributed by atoms with van der Waals surface area (Å²) < 4.78 is 0. The fourth-order valence-corrected chi connectivity index (χ4v) is 3.83. The Morgan fingerprint density at radius 3 is 0.514 bits per heavy atom. The Balaban J connectivity index is -0.000000122. The number of rotatable bonds is 24. The monoisotopic (exact) mass is 598 g/mol. The first-order valence-corrected chi connectivity index (χ1v) is 16.8. The van der Waals surface area contributed by atoms with Gasteiger partial charge in [-0.05, 0) is 0 Å². The largest absolute Gasteiger partial charge is 4.00 e. The molecule has 0 unspecified atom stereocenters. The van der Waals surface area contributed by atoms with Crippen LogP contribution in [0.2, 0.25) is 0 Å². The number of hydrogen-bond donors (Lipinski definition) is 0. The molecule has 0 bridgehead atoms. The van der Waals surface area contributed by atoms with Crippen molar-refractivity contribution in [3.63, 3.8) is 0 Å². The van der Waals surface area contributed by atoms with Gasteiger partial charge in [0.15, 0.2) is 0 Å². The van der Waals surface area contributed by atoms with Gasteiger partial charge in [0.25, 0.3) is 0 Å². The van der Waals surface area contributed by atoms with Gasteiger partial charge < -0.3 is 27.7 Å². The molecule has 1 heteroatoms. The van der Waals surface area contributed by atoms with Crippen molar-refractivity contribution >= 4 is 0 Å². The minimum atomic E-state index is 0. The smallest absolute Gasteiger partial charge is 0.343 e. The summed E-state index contributed by atoms with van der Waals surface area (Å²) in [6.45, 7) is 24.2. The summed E-state index contributed by atoms with van der Waals surface area (Å²) in [5.41, 5.74) is 0. The Hall–Kier alpha value is 0.883. The molecule has 0 amide bonds. The first-order valence-electron chi connectivity index (χ1n) is 16.8. The van der Waals surface area contributed by atoms with E-state index in [1.807, 2.05) is 0 Å². The summed E-state index contributed by atoms with van der Waals surface area (Å²) in [5.74, 6) is 0. The van der Waals surface area contributed by atoms with Crippen LogP contribution < -0.4 is 0 Å². The molecule has 0 aliphatic rings. The molecule has 0 aliphatic carbocycles. The maximum atomic E-state index is 3.80. The van der Waals surface area contributed by atoms with Gasteiger partial charge in [-0.3, -0.25) is 0 Å². The van der Waals surface area contributed by atoms with Crippen molar-refractivity contribution < 1.29 is 26.2 Å². The van der Waals surface area contributed by atoms with E-state index in [1.54, 1.807) is 0 Å². The van der Waals surface area contributed by atoms with E-state index in [9.17, 15) is 0 Å². The Kier molecular flexibility index (Phi) is 73.3. The van der Waals surface area contributed by atoms with E-state index in [1.165, 1.54) is 154 Å². The van der Waals surface area contributed by atoms with Crippen molar-refractivity contribution in [3.8, 4) is 0 Å². The van der Waals surface area contributed by atoms with Crippen LogP contribution in [0.15, 0.2) is 0 Å². The number of hydrogen-bond acceptors (Lipinski definition) is 0. The van der Waals surface area contributed by atoms with Crippen molar-refractivity contribution in [2.45, 2.75) is 207 Å². The van der Waals surface area contributed by atoms with Crippen molar-refractivity contribution in [2.24, 2.45) is 0 Å². The fourth-order valence-electron chi connectivity index (χ4n) is 3.83. The molecule has 0 atom stereocenters. The van der Waals surface area contributed by atoms with E-state index in [2.05, 4.69) is 55.4 Å². The average Bonchev–Trinajstić information content (AvgIpc) is 2.90. The Labute approximate surface area is 260 Å². The van der Waals surface area contributed by atoms with Crippen LogP contribution in [0.5, 0.6) is 0 Å². The quantitative estimate of drug-likeness (QED) is 0.0764. The summed E-state index contributed by atoms with van der Waals surface area (Å²) >= 11 is 0. The second kappa shape index (κ2) is 56.9. The van der Waals surface area contributed by atoms with E-state index < -0.39 is 0 Å². The second-order valence-electron chi connectivity index (χ2n) is 10.5. The van der Waals surface area contributed by atoms with Crippen LogP contribution in [-0.4, -0.2) is 0 Å². The summed E-state index contributed by atoms with van der Waals surface area (Å²) in [6, 6.07) is 0. The standard InChI is InChI=1S/4C9H19.Zr/c4*1-3-5-7-9-8-6-4-2;/h4*1,3-9H2,2H3;/q4*-1;+4. The zero-order valence-electron chi connectivity index (χ0n) is 27.1. The molecule has 0 spiro atoms. The van der Waals surface area contributed by atoms with E-state index >= 15 is 0 Å². The van der Waals surface area contributed by atoms with Gasteiger partial charge in [0.2, 0.25) is 0 Å². The van der Waals surface area contributed by atoms with E-state index in [-0.39, 0.29) is 26.2 Å². The van der Waals surface area contributed by atoms with Crippen LogP contribution in [-0.2, 0) is 26.2 Å². The molecule has 0 aromatic heterocycles. The van der Waals surface area contributed by atoms with Crippen LogP contribution in [0, 0.1) is 27.7 Å². The van der Waals surface area contributed by atoms with E-state index in [0.717, 1.165) is 25.7 Å². The SMILES string of the molecule is [CH2-]CCCCCCCC.[CH2-]CCCCCCCC.[CH2-]CCCCCCCC.[CH2-]CCCCCCCC.[Zr+4]. The third kappa shape index (κ3) is 72.5. The van der Waals surface area contributed by atoms with Gasteiger partial charge in [-0.1, -0.05) is 182 Å². The van der Waals surface area contributed by atoms with Crippen LogP contribution in [0.4, 0.5) is 0 Å². The average molecular weight is 600 g/mol. The molecule has 37 heavy (non-hydrogen) atoms. The van der Waals surface area contributed by atoms with E-state index in [4.69, 9.17) is 0 Å². The molecule has 0 heterocycles. The first-order chi connectivity index (χ1) is 17.7. The van der Waals surface area contributed by atoms with Gasteiger partial charge in [0, 0.05) is 0 Å². The fraction of sp³-hybridized carbons (Fsp3) is 0.889. The molecular weight excluding hydrogens is 524 g/mol. The Morgan fingerprint density at radius 2 is 0.378 bits per heavy atom. The number of unbranched alkanes of at least 4 members (excludes halogenated alkanes) is 24.